The number of amides is 1. The Labute approximate surface area is 148 Å². The van der Waals surface area contributed by atoms with Gasteiger partial charge in [0.2, 0.25) is 0 Å². The molecule has 2 heterocycles. The minimum atomic E-state index is -0.341. The number of hydrazone groups is 1. The maximum atomic E-state index is 11.8. The minimum absolute atomic E-state index is 0.341. The number of aromatic nitrogens is 3. The Morgan fingerprint density at radius 2 is 2.17 bits per heavy atom. The third-order valence-corrected chi connectivity index (χ3v) is 3.90. The van der Waals surface area contributed by atoms with Gasteiger partial charge in [0.15, 0.2) is 0 Å². The summed E-state index contributed by atoms with van der Waals surface area (Å²) in [5, 5.41) is 9.29. The zero-order valence-electron chi connectivity index (χ0n) is 12.6. The molecule has 0 aliphatic heterocycles. The Morgan fingerprint density at radius 1 is 1.33 bits per heavy atom. The topological polar surface area (TPSA) is 75.1 Å². The van der Waals surface area contributed by atoms with Crippen molar-refractivity contribution in [3.63, 3.8) is 0 Å². The van der Waals surface area contributed by atoms with E-state index in [1.54, 1.807) is 42.1 Å². The van der Waals surface area contributed by atoms with Crippen LogP contribution in [0.1, 0.15) is 21.7 Å². The Bertz CT molecular complexity index is 899. The number of nitrogens with zero attached hydrogens (tertiary/aromatic N) is 3. The molecule has 3 rings (SSSR count). The van der Waals surface area contributed by atoms with Gasteiger partial charge in [-0.15, -0.1) is 0 Å². The Balaban J connectivity index is 1.82. The first-order chi connectivity index (χ1) is 11.6. The van der Waals surface area contributed by atoms with E-state index in [9.17, 15) is 4.79 Å². The fourth-order valence-electron chi connectivity index (χ4n) is 2.12. The van der Waals surface area contributed by atoms with Gasteiger partial charge >= 0.3 is 0 Å². The molecule has 0 saturated heterocycles. The van der Waals surface area contributed by atoms with Crippen LogP contribution in [-0.4, -0.2) is 26.9 Å². The van der Waals surface area contributed by atoms with Crippen LogP contribution < -0.4 is 5.43 Å². The van der Waals surface area contributed by atoms with Crippen LogP contribution in [0.25, 0.3) is 5.69 Å². The highest BCUT2D eigenvalue weighted by Gasteiger charge is 2.13. The summed E-state index contributed by atoms with van der Waals surface area (Å²) in [4.78, 5) is 14.6. The van der Waals surface area contributed by atoms with Gasteiger partial charge in [0.1, 0.15) is 10.8 Å². The lowest BCUT2D eigenvalue weighted by molar-refractivity contribution is 0.0951. The number of nitrogens with one attached hydrogen (secondary N) is 2. The van der Waals surface area contributed by atoms with Gasteiger partial charge < -0.3 is 4.98 Å². The van der Waals surface area contributed by atoms with E-state index >= 15 is 0 Å². The van der Waals surface area contributed by atoms with Crippen LogP contribution in [0, 0.1) is 6.92 Å². The maximum absolute atomic E-state index is 11.8. The van der Waals surface area contributed by atoms with Crippen LogP contribution in [0.3, 0.4) is 0 Å². The number of H-pyrrole nitrogens is 1. The second kappa shape index (κ2) is 6.90. The average Bonchev–Trinajstić information content (AvgIpc) is 3.18. The van der Waals surface area contributed by atoms with Crippen molar-refractivity contribution < 1.29 is 4.79 Å². The largest absolute Gasteiger partial charge is 0.357 e. The molecule has 24 heavy (non-hydrogen) atoms. The van der Waals surface area contributed by atoms with E-state index in [4.69, 9.17) is 23.2 Å². The molecule has 1 aromatic carbocycles. The maximum Gasteiger partial charge on any atom is 0.287 e. The van der Waals surface area contributed by atoms with Crippen molar-refractivity contribution in [3.05, 3.63) is 69.7 Å². The highest BCUT2D eigenvalue weighted by Crippen LogP contribution is 2.23. The highest BCUT2D eigenvalue weighted by atomic mass is 35.5. The number of hydrogen-bond acceptors (Lipinski definition) is 3. The van der Waals surface area contributed by atoms with Crippen LogP contribution >= 0.6 is 23.2 Å². The molecule has 2 aromatic heterocycles. The van der Waals surface area contributed by atoms with E-state index in [-0.39, 0.29) is 5.91 Å². The molecule has 122 valence electrons. The molecule has 0 unspecified atom stereocenters. The van der Waals surface area contributed by atoms with E-state index < -0.39 is 0 Å². The summed E-state index contributed by atoms with van der Waals surface area (Å²) in [7, 11) is 0. The summed E-state index contributed by atoms with van der Waals surface area (Å²) < 4.78 is 1.57. The molecular formula is C16H13Cl2N5O. The number of halogens is 2. The van der Waals surface area contributed by atoms with Gasteiger partial charge in [-0.1, -0.05) is 29.3 Å². The van der Waals surface area contributed by atoms with Crippen LogP contribution in [0.5, 0.6) is 0 Å². The third-order valence-electron chi connectivity index (χ3n) is 3.30. The number of aromatic amines is 1. The lowest BCUT2D eigenvalue weighted by Gasteiger charge is -2.03. The third kappa shape index (κ3) is 3.34. The molecule has 1 amide bonds. The molecule has 0 radical (unpaired) electrons. The Morgan fingerprint density at radius 3 is 2.88 bits per heavy atom. The van der Waals surface area contributed by atoms with E-state index in [2.05, 4.69) is 20.6 Å². The van der Waals surface area contributed by atoms with Crippen molar-refractivity contribution in [2.75, 3.05) is 0 Å². The van der Waals surface area contributed by atoms with Crippen LogP contribution in [0.15, 0.2) is 47.7 Å². The number of aryl methyl sites for hydroxylation is 1. The molecule has 0 spiro atoms. The summed E-state index contributed by atoms with van der Waals surface area (Å²) in [5.74, 6) is -0.341. The van der Waals surface area contributed by atoms with Crippen LogP contribution in [-0.2, 0) is 0 Å². The van der Waals surface area contributed by atoms with Gasteiger partial charge in [0.05, 0.1) is 23.2 Å². The predicted molar refractivity (Wildman–Crippen MR) is 94.2 cm³/mol. The lowest BCUT2D eigenvalue weighted by atomic mass is 10.3. The van der Waals surface area contributed by atoms with E-state index in [0.29, 0.717) is 27.1 Å². The zero-order valence-corrected chi connectivity index (χ0v) is 14.1. The van der Waals surface area contributed by atoms with Crippen LogP contribution in [0.4, 0.5) is 0 Å². The summed E-state index contributed by atoms with van der Waals surface area (Å²) in [6.07, 6.45) is 3.13. The first-order valence-electron chi connectivity index (χ1n) is 7.04. The molecule has 0 aliphatic rings. The Hall–Kier alpha value is -2.57. The van der Waals surface area contributed by atoms with Crippen molar-refractivity contribution >= 4 is 35.3 Å². The molecular weight excluding hydrogens is 349 g/mol. The number of benzene rings is 1. The van der Waals surface area contributed by atoms with Crippen molar-refractivity contribution in [1.29, 1.82) is 0 Å². The monoisotopic (exact) mass is 361 g/mol. The van der Waals surface area contributed by atoms with Gasteiger partial charge in [0.25, 0.3) is 5.91 Å². The van der Waals surface area contributed by atoms with Crippen molar-refractivity contribution in [2.24, 2.45) is 5.10 Å². The molecule has 8 heteroatoms. The number of carbonyl (C=O) groups excluding carboxylic acids is 1. The molecule has 0 aliphatic carbocycles. The lowest BCUT2D eigenvalue weighted by Crippen LogP contribution is -2.17. The van der Waals surface area contributed by atoms with Crippen molar-refractivity contribution in [2.45, 2.75) is 6.92 Å². The molecule has 0 atom stereocenters. The van der Waals surface area contributed by atoms with Gasteiger partial charge in [-0.3, -0.25) is 4.79 Å². The summed E-state index contributed by atoms with van der Waals surface area (Å²) in [5.41, 5.74) is 4.88. The molecule has 6 nitrogen and oxygen atoms in total. The normalized spacial score (nSPS) is 11.1. The summed E-state index contributed by atoms with van der Waals surface area (Å²) in [6, 6.07) is 10.6. The molecule has 0 saturated carbocycles. The molecule has 3 aromatic rings. The second-order valence-electron chi connectivity index (χ2n) is 4.96. The fourth-order valence-corrected chi connectivity index (χ4v) is 2.63. The number of carbonyl (C=O) groups is 1. The molecule has 0 fully saturated rings. The first-order valence-corrected chi connectivity index (χ1v) is 7.79. The second-order valence-corrected chi connectivity index (χ2v) is 5.76. The Kier molecular flexibility index (Phi) is 4.69. The predicted octanol–water partition coefficient (Wildman–Crippen LogP) is 3.58. The van der Waals surface area contributed by atoms with E-state index in [0.717, 1.165) is 5.69 Å². The first kappa shape index (κ1) is 16.3. The van der Waals surface area contributed by atoms with E-state index in [1.165, 1.54) is 6.21 Å². The zero-order chi connectivity index (χ0) is 17.1. The summed E-state index contributed by atoms with van der Waals surface area (Å²) in [6.45, 7) is 1.81. The van der Waals surface area contributed by atoms with E-state index in [1.807, 2.05) is 12.1 Å². The van der Waals surface area contributed by atoms with Gasteiger partial charge in [0, 0.05) is 11.2 Å². The highest BCUT2D eigenvalue weighted by molar-refractivity contribution is 6.32. The van der Waals surface area contributed by atoms with Gasteiger partial charge in [-0.2, -0.15) is 10.2 Å². The van der Waals surface area contributed by atoms with Gasteiger partial charge in [-0.25, -0.2) is 10.1 Å². The van der Waals surface area contributed by atoms with Crippen molar-refractivity contribution in [3.8, 4) is 5.69 Å². The fraction of sp³-hybridized carbons (Fsp3) is 0.0625. The number of rotatable bonds is 4. The average molecular weight is 362 g/mol. The quantitative estimate of drug-likeness (QED) is 0.550. The smallest absolute Gasteiger partial charge is 0.287 e. The summed E-state index contributed by atoms with van der Waals surface area (Å²) >= 11 is 12.4. The minimum Gasteiger partial charge on any atom is -0.357 e. The number of hydrogen-bond donors (Lipinski definition) is 2. The van der Waals surface area contributed by atoms with Crippen molar-refractivity contribution in [1.82, 2.24) is 20.2 Å². The van der Waals surface area contributed by atoms with Gasteiger partial charge in [-0.05, 0) is 37.3 Å². The molecule has 2 N–H and O–H groups in total. The standard InChI is InChI=1S/C16H13Cl2N5O/c1-10-13(9-20-21-16(24)14-6-3-7-19-14)15(18)23(22-10)12-5-2-4-11(17)8-12/h2-9,19H,1H3,(H,21,24)/b20-9-. The SMILES string of the molecule is Cc1nn(-c2cccc(Cl)c2)c(Cl)c1/C=N\NC(=O)c1ccc[nH]1. The molecule has 0 bridgehead atoms. The van der Waals surface area contributed by atoms with Crippen LogP contribution in [0.2, 0.25) is 10.2 Å².